The standard InChI is InChI=1S/C18H28FNO/c1-12(2)15-6-5-8-20(9-7-15)18-10-13(3)17(19)11-16(18)14(4)21/h10-12,14-15,21H,5-9H2,1-4H3/t14-,15?/m1/s1. The highest BCUT2D eigenvalue weighted by molar-refractivity contribution is 5.57. The summed E-state index contributed by atoms with van der Waals surface area (Å²) in [6.07, 6.45) is 2.96. The highest BCUT2D eigenvalue weighted by atomic mass is 19.1. The van der Waals surface area contributed by atoms with Crippen LogP contribution in [0.5, 0.6) is 0 Å². The number of rotatable bonds is 3. The van der Waals surface area contributed by atoms with Crippen LogP contribution >= 0.6 is 0 Å². The maximum Gasteiger partial charge on any atom is 0.126 e. The normalized spacial score (nSPS) is 21.5. The number of halogens is 1. The molecule has 3 heteroatoms. The van der Waals surface area contributed by atoms with Gasteiger partial charge in [-0.15, -0.1) is 0 Å². The van der Waals surface area contributed by atoms with Gasteiger partial charge in [-0.2, -0.15) is 0 Å². The molecule has 0 bridgehead atoms. The van der Waals surface area contributed by atoms with Crippen LogP contribution < -0.4 is 4.90 Å². The van der Waals surface area contributed by atoms with E-state index in [1.54, 1.807) is 13.8 Å². The van der Waals surface area contributed by atoms with E-state index in [0.29, 0.717) is 11.1 Å². The van der Waals surface area contributed by atoms with Crippen LogP contribution in [0.2, 0.25) is 0 Å². The second-order valence-electron chi connectivity index (χ2n) is 6.76. The molecule has 1 aliphatic heterocycles. The quantitative estimate of drug-likeness (QED) is 0.890. The highest BCUT2D eigenvalue weighted by Crippen LogP contribution is 2.33. The highest BCUT2D eigenvalue weighted by Gasteiger charge is 2.22. The number of aliphatic hydroxyl groups is 1. The van der Waals surface area contributed by atoms with Crippen molar-refractivity contribution in [2.45, 2.75) is 53.1 Å². The zero-order chi connectivity index (χ0) is 15.6. The van der Waals surface area contributed by atoms with Gasteiger partial charge >= 0.3 is 0 Å². The Bertz CT molecular complexity index is 484. The van der Waals surface area contributed by atoms with Crippen LogP contribution in [-0.4, -0.2) is 18.2 Å². The third-order valence-electron chi connectivity index (χ3n) is 4.81. The van der Waals surface area contributed by atoms with Crippen LogP contribution in [0.25, 0.3) is 0 Å². The molecule has 0 aliphatic carbocycles. The number of hydrogen-bond donors (Lipinski definition) is 1. The Hall–Kier alpha value is -1.09. The number of benzene rings is 1. The fourth-order valence-electron chi connectivity index (χ4n) is 3.32. The van der Waals surface area contributed by atoms with E-state index in [2.05, 4.69) is 18.7 Å². The van der Waals surface area contributed by atoms with Crippen molar-refractivity contribution in [3.63, 3.8) is 0 Å². The van der Waals surface area contributed by atoms with E-state index in [9.17, 15) is 9.50 Å². The monoisotopic (exact) mass is 293 g/mol. The first-order valence-electron chi connectivity index (χ1n) is 8.13. The van der Waals surface area contributed by atoms with Gasteiger partial charge in [0.15, 0.2) is 0 Å². The zero-order valence-electron chi connectivity index (χ0n) is 13.7. The minimum Gasteiger partial charge on any atom is -0.389 e. The van der Waals surface area contributed by atoms with Crippen LogP contribution in [0.15, 0.2) is 12.1 Å². The summed E-state index contributed by atoms with van der Waals surface area (Å²) < 4.78 is 13.8. The van der Waals surface area contributed by atoms with E-state index < -0.39 is 6.10 Å². The Kier molecular flexibility index (Phi) is 5.26. The van der Waals surface area contributed by atoms with Gasteiger partial charge in [0, 0.05) is 24.3 Å². The lowest BCUT2D eigenvalue weighted by atomic mass is 9.89. The van der Waals surface area contributed by atoms with Gasteiger partial charge in [0.1, 0.15) is 5.82 Å². The summed E-state index contributed by atoms with van der Waals surface area (Å²) in [4.78, 5) is 2.33. The van der Waals surface area contributed by atoms with Gasteiger partial charge in [0.2, 0.25) is 0 Å². The summed E-state index contributed by atoms with van der Waals surface area (Å²) >= 11 is 0. The molecule has 0 amide bonds. The summed E-state index contributed by atoms with van der Waals surface area (Å²) in [5, 5.41) is 9.97. The van der Waals surface area contributed by atoms with Crippen LogP contribution in [0.1, 0.15) is 57.3 Å². The maximum absolute atomic E-state index is 13.8. The van der Waals surface area contributed by atoms with Crippen molar-refractivity contribution in [2.75, 3.05) is 18.0 Å². The third kappa shape index (κ3) is 3.76. The van der Waals surface area contributed by atoms with Gasteiger partial charge < -0.3 is 10.0 Å². The number of anilines is 1. The Morgan fingerprint density at radius 3 is 2.52 bits per heavy atom. The molecule has 0 saturated carbocycles. The molecule has 1 N–H and O–H groups in total. The molecule has 1 aliphatic rings. The predicted molar refractivity (Wildman–Crippen MR) is 86.2 cm³/mol. The molecule has 1 heterocycles. The minimum atomic E-state index is -0.640. The SMILES string of the molecule is Cc1cc(N2CCCC(C(C)C)CC2)c([C@@H](C)O)cc1F. The Labute approximate surface area is 128 Å². The lowest BCUT2D eigenvalue weighted by molar-refractivity contribution is 0.199. The first-order chi connectivity index (χ1) is 9.90. The van der Waals surface area contributed by atoms with E-state index in [1.807, 2.05) is 6.07 Å². The van der Waals surface area contributed by atoms with Crippen molar-refractivity contribution >= 4 is 5.69 Å². The van der Waals surface area contributed by atoms with Gasteiger partial charge in [-0.3, -0.25) is 0 Å². The van der Waals surface area contributed by atoms with Gasteiger partial charge in [-0.1, -0.05) is 13.8 Å². The van der Waals surface area contributed by atoms with Crippen molar-refractivity contribution in [3.8, 4) is 0 Å². The molecule has 0 aromatic heterocycles. The number of aliphatic hydroxyl groups excluding tert-OH is 1. The van der Waals surface area contributed by atoms with Crippen LogP contribution in [0.3, 0.4) is 0 Å². The average molecular weight is 293 g/mol. The van der Waals surface area contributed by atoms with Gasteiger partial charge in [0.05, 0.1) is 6.10 Å². The predicted octanol–water partition coefficient (Wildman–Crippen LogP) is 4.45. The summed E-state index contributed by atoms with van der Waals surface area (Å²) in [7, 11) is 0. The zero-order valence-corrected chi connectivity index (χ0v) is 13.7. The molecule has 1 saturated heterocycles. The Balaban J connectivity index is 2.27. The lowest BCUT2D eigenvalue weighted by Crippen LogP contribution is -2.26. The molecule has 2 rings (SSSR count). The molecule has 1 unspecified atom stereocenters. The molecular weight excluding hydrogens is 265 g/mol. The average Bonchev–Trinajstić information content (AvgIpc) is 2.67. The second-order valence-corrected chi connectivity index (χ2v) is 6.76. The van der Waals surface area contributed by atoms with Crippen LogP contribution in [0.4, 0.5) is 10.1 Å². The summed E-state index contributed by atoms with van der Waals surface area (Å²) in [5.74, 6) is 1.26. The molecule has 1 fully saturated rings. The smallest absolute Gasteiger partial charge is 0.126 e. The fourth-order valence-corrected chi connectivity index (χ4v) is 3.32. The molecule has 21 heavy (non-hydrogen) atoms. The van der Waals surface area contributed by atoms with Crippen LogP contribution in [-0.2, 0) is 0 Å². The maximum atomic E-state index is 13.8. The van der Waals surface area contributed by atoms with E-state index in [-0.39, 0.29) is 5.82 Å². The molecule has 0 radical (unpaired) electrons. The summed E-state index contributed by atoms with van der Waals surface area (Å²) in [6, 6.07) is 3.40. The van der Waals surface area contributed by atoms with E-state index in [4.69, 9.17) is 0 Å². The molecule has 0 spiro atoms. The van der Waals surface area contributed by atoms with Crippen molar-refractivity contribution in [3.05, 3.63) is 29.1 Å². The summed E-state index contributed by atoms with van der Waals surface area (Å²) in [6.45, 7) is 10.1. The second kappa shape index (κ2) is 6.78. The topological polar surface area (TPSA) is 23.5 Å². The van der Waals surface area contributed by atoms with Crippen molar-refractivity contribution in [2.24, 2.45) is 11.8 Å². The third-order valence-corrected chi connectivity index (χ3v) is 4.81. The van der Waals surface area contributed by atoms with Gasteiger partial charge in [-0.05, 0) is 62.6 Å². The van der Waals surface area contributed by atoms with Crippen LogP contribution in [0, 0.1) is 24.6 Å². The molecule has 2 atom stereocenters. The molecule has 118 valence electrons. The largest absolute Gasteiger partial charge is 0.389 e. The van der Waals surface area contributed by atoms with E-state index in [1.165, 1.54) is 25.3 Å². The molecule has 2 nitrogen and oxygen atoms in total. The molecular formula is C18H28FNO. The van der Waals surface area contributed by atoms with E-state index >= 15 is 0 Å². The van der Waals surface area contributed by atoms with Gasteiger partial charge in [0.25, 0.3) is 0 Å². The fraction of sp³-hybridized carbons (Fsp3) is 0.667. The first-order valence-corrected chi connectivity index (χ1v) is 8.13. The van der Waals surface area contributed by atoms with Gasteiger partial charge in [-0.25, -0.2) is 4.39 Å². The van der Waals surface area contributed by atoms with Crippen molar-refractivity contribution in [1.29, 1.82) is 0 Å². The Morgan fingerprint density at radius 1 is 1.19 bits per heavy atom. The number of nitrogens with zero attached hydrogens (tertiary/aromatic N) is 1. The minimum absolute atomic E-state index is 0.232. The lowest BCUT2D eigenvalue weighted by Gasteiger charge is -2.27. The number of hydrogen-bond acceptors (Lipinski definition) is 2. The van der Waals surface area contributed by atoms with Crippen molar-refractivity contribution < 1.29 is 9.50 Å². The summed E-state index contributed by atoms with van der Waals surface area (Å²) in [5.41, 5.74) is 2.37. The van der Waals surface area contributed by atoms with E-state index in [0.717, 1.165) is 30.6 Å². The molecule has 1 aromatic carbocycles. The Morgan fingerprint density at radius 2 is 1.90 bits per heavy atom. The first kappa shape index (κ1) is 16.3. The van der Waals surface area contributed by atoms with Crippen molar-refractivity contribution in [1.82, 2.24) is 0 Å². The number of aryl methyl sites for hydroxylation is 1. The molecule has 1 aromatic rings.